The van der Waals surface area contributed by atoms with Crippen molar-refractivity contribution in [1.29, 1.82) is 0 Å². The quantitative estimate of drug-likeness (QED) is 0.0906. The predicted octanol–water partition coefficient (Wildman–Crippen LogP) is 2.00. The van der Waals surface area contributed by atoms with Crippen LogP contribution in [-0.2, 0) is 42.9 Å². The van der Waals surface area contributed by atoms with Crippen LogP contribution >= 0.6 is 0 Å². The maximum atomic E-state index is 12.7. The number of carbonyl (C=O) groups excluding carboxylic acids is 2. The highest BCUT2D eigenvalue weighted by Gasteiger charge is 2.34. The zero-order valence-corrected chi connectivity index (χ0v) is 22.2. The number of carboxylic acid groups (broad SMARTS) is 3. The minimum Gasteiger partial charge on any atom is -0.481 e. The molecule has 0 radical (unpaired) electrons. The summed E-state index contributed by atoms with van der Waals surface area (Å²) >= 11 is 0. The number of unbranched alkanes of at least 4 members (excludes halogenated alkanes) is 4. The number of rotatable bonds is 26. The van der Waals surface area contributed by atoms with E-state index in [0.717, 1.165) is 19.3 Å². The number of carboxylic acids is 3. The summed E-state index contributed by atoms with van der Waals surface area (Å²) in [7, 11) is 0. The fraction of sp³-hybridized carbons (Fsp3) is 0.800. The average molecular weight is 550 g/mol. The van der Waals surface area contributed by atoms with Crippen LogP contribution in [0.2, 0.25) is 0 Å². The number of ether oxygens (including phenoxy) is 4. The Labute approximate surface area is 223 Å². The number of carbonyl (C=O) groups is 5. The van der Waals surface area contributed by atoms with E-state index in [2.05, 4.69) is 5.32 Å². The SMILES string of the molecule is CCCCOC(=O)CCCCCCC(=O)NC(COCCC(=O)O)(COCCC(=O)O)COCCC(=O)O. The lowest BCUT2D eigenvalue weighted by atomic mass is 10.0. The number of nitrogens with one attached hydrogen (secondary N) is 1. The van der Waals surface area contributed by atoms with Crippen LogP contribution in [0, 0.1) is 0 Å². The summed E-state index contributed by atoms with van der Waals surface area (Å²) in [5.74, 6) is -3.78. The highest BCUT2D eigenvalue weighted by Crippen LogP contribution is 2.13. The van der Waals surface area contributed by atoms with Gasteiger partial charge in [0.15, 0.2) is 0 Å². The van der Waals surface area contributed by atoms with Crippen molar-refractivity contribution in [3.8, 4) is 0 Å². The molecular weight excluding hydrogens is 506 g/mol. The Kier molecular flexibility index (Phi) is 20.6. The molecule has 0 aromatic carbocycles. The largest absolute Gasteiger partial charge is 0.481 e. The Morgan fingerprint density at radius 2 is 1.05 bits per heavy atom. The molecule has 0 spiro atoms. The van der Waals surface area contributed by atoms with Crippen molar-refractivity contribution in [2.24, 2.45) is 0 Å². The molecule has 0 aliphatic carbocycles. The van der Waals surface area contributed by atoms with Gasteiger partial charge in [-0.2, -0.15) is 0 Å². The van der Waals surface area contributed by atoms with Gasteiger partial charge in [0.05, 0.1) is 65.5 Å². The summed E-state index contributed by atoms with van der Waals surface area (Å²) in [6, 6.07) is 0. The van der Waals surface area contributed by atoms with Crippen molar-refractivity contribution in [3.05, 3.63) is 0 Å². The predicted molar refractivity (Wildman–Crippen MR) is 134 cm³/mol. The Balaban J connectivity index is 4.89. The fourth-order valence-electron chi connectivity index (χ4n) is 3.18. The van der Waals surface area contributed by atoms with Crippen molar-refractivity contribution in [3.63, 3.8) is 0 Å². The summed E-state index contributed by atoms with van der Waals surface area (Å²) in [5, 5.41) is 29.3. The molecule has 0 saturated heterocycles. The van der Waals surface area contributed by atoms with Gasteiger partial charge in [0, 0.05) is 12.8 Å². The van der Waals surface area contributed by atoms with Gasteiger partial charge in [-0.3, -0.25) is 24.0 Å². The van der Waals surface area contributed by atoms with Crippen LogP contribution in [0.1, 0.15) is 77.6 Å². The molecule has 38 heavy (non-hydrogen) atoms. The first kappa shape index (κ1) is 35.2. The molecular formula is C25H43NO12. The van der Waals surface area contributed by atoms with Crippen LogP contribution in [-0.4, -0.2) is 96.9 Å². The first-order chi connectivity index (χ1) is 18.1. The molecule has 0 saturated carbocycles. The molecule has 13 heteroatoms. The average Bonchev–Trinajstić information content (AvgIpc) is 2.84. The second-order valence-corrected chi connectivity index (χ2v) is 8.91. The van der Waals surface area contributed by atoms with Gasteiger partial charge in [0.1, 0.15) is 5.54 Å². The first-order valence-corrected chi connectivity index (χ1v) is 13.0. The number of aliphatic carboxylic acids is 3. The van der Waals surface area contributed by atoms with E-state index >= 15 is 0 Å². The normalized spacial score (nSPS) is 11.2. The summed E-state index contributed by atoms with van der Waals surface area (Å²) in [4.78, 5) is 56.8. The molecule has 0 aliphatic rings. The molecule has 220 valence electrons. The molecule has 0 atom stereocenters. The van der Waals surface area contributed by atoms with Crippen LogP contribution < -0.4 is 5.32 Å². The topological polar surface area (TPSA) is 195 Å². The zero-order valence-electron chi connectivity index (χ0n) is 22.2. The monoisotopic (exact) mass is 549 g/mol. The molecule has 0 aromatic heterocycles. The number of esters is 1. The van der Waals surface area contributed by atoms with Gasteiger partial charge in [0.25, 0.3) is 0 Å². The van der Waals surface area contributed by atoms with E-state index in [0.29, 0.717) is 32.3 Å². The molecule has 0 aromatic rings. The Morgan fingerprint density at radius 1 is 0.605 bits per heavy atom. The van der Waals surface area contributed by atoms with Crippen LogP contribution in [0.5, 0.6) is 0 Å². The lowest BCUT2D eigenvalue weighted by molar-refractivity contribution is -0.144. The molecule has 0 heterocycles. The third-order valence-corrected chi connectivity index (χ3v) is 5.22. The Hall–Kier alpha value is -2.77. The van der Waals surface area contributed by atoms with Gasteiger partial charge in [-0.05, 0) is 19.3 Å². The molecule has 0 fully saturated rings. The summed E-state index contributed by atoms with van der Waals surface area (Å²) in [6.07, 6.45) is 4.13. The molecule has 0 unspecified atom stereocenters. The van der Waals surface area contributed by atoms with E-state index in [1.807, 2.05) is 6.92 Å². The minimum absolute atomic E-state index is 0.141. The molecule has 0 rings (SSSR count). The number of hydrogen-bond donors (Lipinski definition) is 4. The number of hydrogen-bond acceptors (Lipinski definition) is 9. The van der Waals surface area contributed by atoms with Gasteiger partial charge >= 0.3 is 23.9 Å². The van der Waals surface area contributed by atoms with Crippen LogP contribution in [0.3, 0.4) is 0 Å². The fourth-order valence-corrected chi connectivity index (χ4v) is 3.18. The van der Waals surface area contributed by atoms with Crippen molar-refractivity contribution in [2.45, 2.75) is 83.1 Å². The summed E-state index contributed by atoms with van der Waals surface area (Å²) in [5.41, 5.74) is -1.28. The van der Waals surface area contributed by atoms with Gasteiger partial charge in [0.2, 0.25) is 5.91 Å². The van der Waals surface area contributed by atoms with Crippen LogP contribution in [0.4, 0.5) is 0 Å². The van der Waals surface area contributed by atoms with E-state index in [1.54, 1.807) is 0 Å². The minimum atomic E-state index is -1.28. The van der Waals surface area contributed by atoms with Crippen molar-refractivity contribution in [2.75, 3.05) is 46.2 Å². The van der Waals surface area contributed by atoms with Gasteiger partial charge < -0.3 is 39.6 Å². The number of amides is 1. The van der Waals surface area contributed by atoms with E-state index in [-0.39, 0.29) is 77.2 Å². The first-order valence-electron chi connectivity index (χ1n) is 13.0. The van der Waals surface area contributed by atoms with Gasteiger partial charge in [-0.1, -0.05) is 26.2 Å². The maximum absolute atomic E-state index is 12.7. The molecule has 4 N–H and O–H groups in total. The summed E-state index contributed by atoms with van der Waals surface area (Å²) in [6.45, 7) is 1.45. The molecule has 1 amide bonds. The third-order valence-electron chi connectivity index (χ3n) is 5.22. The standard InChI is InChI=1S/C25H43NO12/c1-2-3-13-38-24(34)9-7-5-4-6-8-20(27)26-25(17-35-14-10-21(28)29,18-36-15-11-22(30)31)19-37-16-12-23(32)33/h2-19H2,1H3,(H,26,27)(H,28,29)(H,30,31)(H,32,33). The van der Waals surface area contributed by atoms with Gasteiger partial charge in [-0.15, -0.1) is 0 Å². The summed E-state index contributed by atoms with van der Waals surface area (Å²) < 4.78 is 21.5. The van der Waals surface area contributed by atoms with Gasteiger partial charge in [-0.25, -0.2) is 0 Å². The lowest BCUT2D eigenvalue weighted by Gasteiger charge is -2.34. The smallest absolute Gasteiger partial charge is 0.305 e. The van der Waals surface area contributed by atoms with Crippen molar-refractivity contribution >= 4 is 29.8 Å². The van der Waals surface area contributed by atoms with Crippen LogP contribution in [0.15, 0.2) is 0 Å². The molecule has 0 bridgehead atoms. The van der Waals surface area contributed by atoms with Crippen molar-refractivity contribution < 1.29 is 58.2 Å². The lowest BCUT2D eigenvalue weighted by Crippen LogP contribution is -2.58. The second kappa shape index (κ2) is 22.2. The second-order valence-electron chi connectivity index (χ2n) is 8.91. The van der Waals surface area contributed by atoms with E-state index in [4.69, 9.17) is 34.3 Å². The zero-order chi connectivity index (χ0) is 28.7. The highest BCUT2D eigenvalue weighted by atomic mass is 16.5. The Bertz CT molecular complexity index is 657. The van der Waals surface area contributed by atoms with Crippen LogP contribution in [0.25, 0.3) is 0 Å². The molecule has 13 nitrogen and oxygen atoms in total. The Morgan fingerprint density at radius 3 is 1.47 bits per heavy atom. The van der Waals surface area contributed by atoms with E-state index < -0.39 is 23.4 Å². The highest BCUT2D eigenvalue weighted by molar-refractivity contribution is 5.76. The molecule has 0 aliphatic heterocycles. The third kappa shape index (κ3) is 21.3. The van der Waals surface area contributed by atoms with E-state index in [9.17, 15) is 24.0 Å². The van der Waals surface area contributed by atoms with Crippen molar-refractivity contribution in [1.82, 2.24) is 5.32 Å². The maximum Gasteiger partial charge on any atom is 0.305 e. The van der Waals surface area contributed by atoms with E-state index in [1.165, 1.54) is 0 Å².